The maximum absolute atomic E-state index is 8.37. The van der Waals surface area contributed by atoms with Gasteiger partial charge in [0.2, 0.25) is 0 Å². The summed E-state index contributed by atoms with van der Waals surface area (Å²) in [6.45, 7) is 3.02. The molecule has 0 aliphatic heterocycles. The molecule has 0 heterocycles. The summed E-state index contributed by atoms with van der Waals surface area (Å²) in [7, 11) is 0. The lowest BCUT2D eigenvalue weighted by Crippen LogP contribution is -2.15. The van der Waals surface area contributed by atoms with E-state index < -0.39 is 0 Å². The van der Waals surface area contributed by atoms with Crippen LogP contribution in [0.2, 0.25) is 0 Å². The summed E-state index contributed by atoms with van der Waals surface area (Å²) in [5.74, 6) is 1.35. The van der Waals surface area contributed by atoms with Crippen LogP contribution in [0, 0.1) is 11.8 Å². The Hall–Kier alpha value is -0.690. The van der Waals surface area contributed by atoms with Gasteiger partial charge in [0, 0.05) is 11.5 Å². The molecule has 0 aromatic carbocycles. The first-order valence-corrected chi connectivity index (χ1v) is 6.35. The number of azide groups is 1. The van der Waals surface area contributed by atoms with Crippen LogP contribution < -0.4 is 0 Å². The van der Waals surface area contributed by atoms with Gasteiger partial charge in [-0.3, -0.25) is 0 Å². The third-order valence-electron chi connectivity index (χ3n) is 3.67. The molecular weight excluding hydrogens is 186 g/mol. The zero-order valence-corrected chi connectivity index (χ0v) is 9.86. The standard InChI is InChI=1S/C12H23N3/c1-11-8-6-4-2-3-5-7-9-12(11)10-14-15-13/h11-12H,2-10H2,1H3. The zero-order chi connectivity index (χ0) is 10.9. The maximum Gasteiger partial charge on any atom is 0.0288 e. The third kappa shape index (κ3) is 5.08. The quantitative estimate of drug-likeness (QED) is 0.360. The van der Waals surface area contributed by atoms with Crippen molar-refractivity contribution >= 4 is 0 Å². The summed E-state index contributed by atoms with van der Waals surface area (Å²) in [6.07, 6.45) is 10.8. The van der Waals surface area contributed by atoms with Gasteiger partial charge in [-0.1, -0.05) is 63.4 Å². The maximum atomic E-state index is 8.37. The largest absolute Gasteiger partial charge is 0.0937 e. The van der Waals surface area contributed by atoms with Gasteiger partial charge in [-0.2, -0.15) is 0 Å². The SMILES string of the molecule is CC1CCCCCCCCC1CN=[N+]=[N-]. The molecule has 2 atom stereocenters. The van der Waals surface area contributed by atoms with Crippen LogP contribution in [0.5, 0.6) is 0 Å². The first kappa shape index (κ1) is 12.4. The highest BCUT2D eigenvalue weighted by molar-refractivity contribution is 4.71. The van der Waals surface area contributed by atoms with Crippen molar-refractivity contribution < 1.29 is 0 Å². The van der Waals surface area contributed by atoms with Crippen molar-refractivity contribution in [2.75, 3.05) is 6.54 Å². The molecule has 1 aliphatic rings. The first-order valence-electron chi connectivity index (χ1n) is 6.35. The zero-order valence-electron chi connectivity index (χ0n) is 9.86. The molecule has 2 unspecified atom stereocenters. The second kappa shape index (κ2) is 7.58. The molecule has 1 fully saturated rings. The van der Waals surface area contributed by atoms with Gasteiger partial charge in [0.1, 0.15) is 0 Å². The van der Waals surface area contributed by atoms with E-state index in [2.05, 4.69) is 16.9 Å². The van der Waals surface area contributed by atoms with Crippen molar-refractivity contribution in [2.24, 2.45) is 17.0 Å². The normalized spacial score (nSPS) is 29.1. The van der Waals surface area contributed by atoms with Crippen LogP contribution in [-0.2, 0) is 0 Å². The minimum absolute atomic E-state index is 0.624. The average molecular weight is 209 g/mol. The Kier molecular flexibility index (Phi) is 6.26. The molecule has 86 valence electrons. The van der Waals surface area contributed by atoms with E-state index >= 15 is 0 Å². The van der Waals surface area contributed by atoms with Crippen LogP contribution >= 0.6 is 0 Å². The smallest absolute Gasteiger partial charge is 0.0288 e. The molecule has 0 amide bonds. The minimum Gasteiger partial charge on any atom is -0.0937 e. The number of hydrogen-bond acceptors (Lipinski definition) is 1. The van der Waals surface area contributed by atoms with Gasteiger partial charge in [0.15, 0.2) is 0 Å². The summed E-state index contributed by atoms with van der Waals surface area (Å²) in [6, 6.07) is 0. The van der Waals surface area contributed by atoms with E-state index in [4.69, 9.17) is 5.53 Å². The molecule has 0 aromatic rings. The van der Waals surface area contributed by atoms with E-state index in [0.717, 1.165) is 5.92 Å². The lowest BCUT2D eigenvalue weighted by atomic mass is 9.84. The topological polar surface area (TPSA) is 48.8 Å². The minimum atomic E-state index is 0.624. The highest BCUT2D eigenvalue weighted by Gasteiger charge is 2.16. The Morgan fingerprint density at radius 1 is 1.07 bits per heavy atom. The van der Waals surface area contributed by atoms with Crippen LogP contribution in [0.1, 0.15) is 58.3 Å². The van der Waals surface area contributed by atoms with Gasteiger partial charge in [-0.05, 0) is 17.4 Å². The van der Waals surface area contributed by atoms with Crippen molar-refractivity contribution in [3.63, 3.8) is 0 Å². The molecule has 3 nitrogen and oxygen atoms in total. The van der Waals surface area contributed by atoms with E-state index in [9.17, 15) is 0 Å². The van der Waals surface area contributed by atoms with Crippen molar-refractivity contribution in [1.82, 2.24) is 0 Å². The van der Waals surface area contributed by atoms with Crippen molar-refractivity contribution in [3.05, 3.63) is 10.4 Å². The highest BCUT2D eigenvalue weighted by Crippen LogP contribution is 2.26. The molecule has 0 radical (unpaired) electrons. The van der Waals surface area contributed by atoms with Crippen molar-refractivity contribution in [3.8, 4) is 0 Å². The molecule has 0 N–H and O–H groups in total. The Balaban J connectivity index is 2.42. The summed E-state index contributed by atoms with van der Waals surface area (Å²) in [5, 5.41) is 3.75. The molecule has 1 aliphatic carbocycles. The lowest BCUT2D eigenvalue weighted by molar-refractivity contribution is 0.297. The average Bonchev–Trinajstić information content (AvgIpc) is 2.26. The van der Waals surface area contributed by atoms with E-state index in [-0.39, 0.29) is 0 Å². The van der Waals surface area contributed by atoms with Crippen LogP contribution in [0.25, 0.3) is 10.4 Å². The van der Waals surface area contributed by atoms with Gasteiger partial charge in [-0.15, -0.1) is 0 Å². The predicted octanol–water partition coefficient (Wildman–Crippen LogP) is 4.68. The molecule has 0 saturated heterocycles. The molecule has 1 saturated carbocycles. The van der Waals surface area contributed by atoms with Crippen LogP contribution in [0.3, 0.4) is 0 Å². The fourth-order valence-corrected chi connectivity index (χ4v) is 2.51. The summed E-state index contributed by atoms with van der Waals surface area (Å²) in [5.41, 5.74) is 8.37. The Bertz CT molecular complexity index is 209. The van der Waals surface area contributed by atoms with E-state index in [1.807, 2.05) is 0 Å². The Labute approximate surface area is 92.9 Å². The number of rotatable bonds is 2. The van der Waals surface area contributed by atoms with Gasteiger partial charge in [-0.25, -0.2) is 0 Å². The van der Waals surface area contributed by atoms with E-state index in [1.54, 1.807) is 0 Å². The van der Waals surface area contributed by atoms with Gasteiger partial charge in [0.05, 0.1) is 0 Å². The summed E-state index contributed by atoms with van der Waals surface area (Å²) in [4.78, 5) is 2.89. The fourth-order valence-electron chi connectivity index (χ4n) is 2.51. The predicted molar refractivity (Wildman–Crippen MR) is 63.6 cm³/mol. The monoisotopic (exact) mass is 209 g/mol. The molecule has 3 heteroatoms. The molecule has 0 aromatic heterocycles. The van der Waals surface area contributed by atoms with Gasteiger partial charge in [0.25, 0.3) is 0 Å². The second-order valence-electron chi connectivity index (χ2n) is 4.85. The van der Waals surface area contributed by atoms with Crippen LogP contribution in [0.15, 0.2) is 5.11 Å². The van der Waals surface area contributed by atoms with Gasteiger partial charge < -0.3 is 0 Å². The van der Waals surface area contributed by atoms with E-state index in [0.29, 0.717) is 12.5 Å². The first-order chi connectivity index (χ1) is 7.34. The molecule has 1 rings (SSSR count). The summed E-state index contributed by atoms with van der Waals surface area (Å²) < 4.78 is 0. The second-order valence-corrected chi connectivity index (χ2v) is 4.85. The summed E-state index contributed by atoms with van der Waals surface area (Å²) >= 11 is 0. The van der Waals surface area contributed by atoms with Gasteiger partial charge >= 0.3 is 0 Å². The molecule has 0 bridgehead atoms. The number of nitrogens with zero attached hydrogens (tertiary/aromatic N) is 3. The Morgan fingerprint density at radius 2 is 1.67 bits per heavy atom. The van der Waals surface area contributed by atoms with Crippen molar-refractivity contribution in [2.45, 2.75) is 58.3 Å². The third-order valence-corrected chi connectivity index (χ3v) is 3.67. The molecular formula is C12H23N3. The van der Waals surface area contributed by atoms with E-state index in [1.165, 1.54) is 51.4 Å². The number of hydrogen-bond donors (Lipinski definition) is 0. The lowest BCUT2D eigenvalue weighted by Gasteiger charge is -2.23. The molecule has 0 spiro atoms. The fraction of sp³-hybridized carbons (Fsp3) is 1.00. The van der Waals surface area contributed by atoms with Crippen molar-refractivity contribution in [1.29, 1.82) is 0 Å². The van der Waals surface area contributed by atoms with Crippen LogP contribution in [0.4, 0.5) is 0 Å². The Morgan fingerprint density at radius 3 is 2.33 bits per heavy atom. The molecule has 15 heavy (non-hydrogen) atoms. The van der Waals surface area contributed by atoms with Crippen LogP contribution in [-0.4, -0.2) is 6.54 Å². The highest BCUT2D eigenvalue weighted by atomic mass is 15.1.